The number of anilines is 1. The van der Waals surface area contributed by atoms with Gasteiger partial charge >= 0.3 is 0 Å². The monoisotopic (exact) mass is 270 g/mol. The molecule has 2 N–H and O–H groups in total. The van der Waals surface area contributed by atoms with Crippen LogP contribution in [0, 0.1) is 0 Å². The van der Waals surface area contributed by atoms with Gasteiger partial charge in [-0.15, -0.1) is 0 Å². The van der Waals surface area contributed by atoms with Crippen LogP contribution in [-0.2, 0) is 4.79 Å². The summed E-state index contributed by atoms with van der Waals surface area (Å²) in [4.78, 5) is 13.3. The molecule has 0 saturated carbocycles. The molecule has 0 fully saturated rings. The van der Waals surface area contributed by atoms with Crippen LogP contribution in [0.25, 0.3) is 0 Å². The first-order valence-corrected chi connectivity index (χ1v) is 6.32. The molecule has 1 amide bonds. The third-order valence-electron chi connectivity index (χ3n) is 1.87. The Bertz CT molecular complexity index is 422. The predicted molar refractivity (Wildman–Crippen MR) is 75.5 cm³/mol. The minimum absolute atomic E-state index is 0.0565. The number of phenolic OH excluding ortho intramolecular Hbond substituents is 1. The number of nitrogens with zero attached hydrogens (tertiary/aromatic N) is 1. The number of thiocarbonyl (C=S) groups is 1. The van der Waals surface area contributed by atoms with E-state index in [2.05, 4.69) is 5.32 Å². The number of thioether (sulfide) groups is 1. The number of hydrogen-bond acceptors (Lipinski definition) is 4. The second-order valence-corrected chi connectivity index (χ2v) is 5.12. The number of phenols is 1. The van der Waals surface area contributed by atoms with E-state index >= 15 is 0 Å². The average Bonchev–Trinajstić information content (AvgIpc) is 2.29. The molecule has 92 valence electrons. The van der Waals surface area contributed by atoms with Crippen molar-refractivity contribution in [1.82, 2.24) is 4.90 Å². The van der Waals surface area contributed by atoms with Crippen molar-refractivity contribution >= 4 is 39.9 Å². The molecule has 0 atom stereocenters. The molecule has 17 heavy (non-hydrogen) atoms. The van der Waals surface area contributed by atoms with Crippen LogP contribution in [0.5, 0.6) is 5.75 Å². The van der Waals surface area contributed by atoms with Crippen LogP contribution in [0.4, 0.5) is 5.69 Å². The van der Waals surface area contributed by atoms with Crippen molar-refractivity contribution in [3.05, 3.63) is 24.3 Å². The molecular weight excluding hydrogens is 256 g/mol. The summed E-state index contributed by atoms with van der Waals surface area (Å²) in [7, 11) is 3.66. The minimum Gasteiger partial charge on any atom is -0.506 e. The van der Waals surface area contributed by atoms with E-state index in [1.54, 1.807) is 23.1 Å². The number of nitrogens with one attached hydrogen (secondary N) is 1. The fourth-order valence-corrected chi connectivity index (χ4v) is 1.78. The maximum Gasteiger partial charge on any atom is 0.234 e. The van der Waals surface area contributed by atoms with Crippen molar-refractivity contribution < 1.29 is 9.90 Å². The van der Waals surface area contributed by atoms with E-state index in [1.807, 2.05) is 14.1 Å². The summed E-state index contributed by atoms with van der Waals surface area (Å²) in [6, 6.07) is 6.60. The Morgan fingerprint density at radius 1 is 1.47 bits per heavy atom. The number of rotatable bonds is 3. The first-order valence-electron chi connectivity index (χ1n) is 4.92. The van der Waals surface area contributed by atoms with Gasteiger partial charge in [0.05, 0.1) is 11.4 Å². The van der Waals surface area contributed by atoms with Crippen LogP contribution in [0.2, 0.25) is 0 Å². The largest absolute Gasteiger partial charge is 0.506 e. The number of benzene rings is 1. The predicted octanol–water partition coefficient (Wildman–Crippen LogP) is 1.91. The molecule has 0 spiro atoms. The molecule has 0 aliphatic heterocycles. The third kappa shape index (κ3) is 4.62. The summed E-state index contributed by atoms with van der Waals surface area (Å²) in [5.41, 5.74) is 0.411. The van der Waals surface area contributed by atoms with Gasteiger partial charge in [-0.3, -0.25) is 4.79 Å². The van der Waals surface area contributed by atoms with E-state index in [4.69, 9.17) is 12.2 Å². The Morgan fingerprint density at radius 2 is 2.12 bits per heavy atom. The Balaban J connectivity index is 2.46. The van der Waals surface area contributed by atoms with Gasteiger partial charge in [0.15, 0.2) is 0 Å². The van der Waals surface area contributed by atoms with Crippen LogP contribution < -0.4 is 5.32 Å². The topological polar surface area (TPSA) is 52.6 Å². The summed E-state index contributed by atoms with van der Waals surface area (Å²) in [6.45, 7) is 0. The SMILES string of the molecule is CN(C)C(=S)SCC(=O)Nc1ccccc1O. The van der Waals surface area contributed by atoms with E-state index in [1.165, 1.54) is 17.8 Å². The number of para-hydroxylation sites is 2. The summed E-state index contributed by atoms with van der Waals surface area (Å²) in [5.74, 6) is 0.0902. The Kier molecular flexibility index (Phi) is 5.24. The lowest BCUT2D eigenvalue weighted by Gasteiger charge is -2.12. The molecule has 0 aromatic heterocycles. The molecule has 0 unspecified atom stereocenters. The first-order chi connectivity index (χ1) is 8.00. The van der Waals surface area contributed by atoms with Gasteiger partial charge in [0.1, 0.15) is 10.1 Å². The summed E-state index contributed by atoms with van der Waals surface area (Å²) in [6.07, 6.45) is 0. The molecule has 0 radical (unpaired) electrons. The molecule has 0 saturated heterocycles. The zero-order valence-corrected chi connectivity index (χ0v) is 11.3. The normalized spacial score (nSPS) is 9.76. The van der Waals surface area contributed by atoms with Gasteiger partial charge in [-0.2, -0.15) is 0 Å². The summed E-state index contributed by atoms with van der Waals surface area (Å²) >= 11 is 6.33. The molecule has 1 aromatic carbocycles. The number of hydrogen-bond donors (Lipinski definition) is 2. The van der Waals surface area contributed by atoms with Crippen molar-refractivity contribution in [3.63, 3.8) is 0 Å². The van der Waals surface area contributed by atoms with E-state index in [0.717, 1.165) is 0 Å². The fourth-order valence-electron chi connectivity index (χ4n) is 1.02. The third-order valence-corrected chi connectivity index (χ3v) is 3.61. The fraction of sp³-hybridized carbons (Fsp3) is 0.273. The summed E-state index contributed by atoms with van der Waals surface area (Å²) in [5, 5.41) is 12.1. The molecule has 0 aliphatic rings. The van der Waals surface area contributed by atoms with Crippen molar-refractivity contribution in [2.75, 3.05) is 25.2 Å². The van der Waals surface area contributed by atoms with E-state index in [9.17, 15) is 9.90 Å². The molecular formula is C11H14N2O2S2. The van der Waals surface area contributed by atoms with Crippen molar-refractivity contribution in [2.24, 2.45) is 0 Å². The second kappa shape index (κ2) is 6.46. The first kappa shape index (κ1) is 13.8. The zero-order valence-electron chi connectivity index (χ0n) is 9.64. The Hall–Kier alpha value is -1.27. The van der Waals surface area contributed by atoms with Gasteiger partial charge in [0.2, 0.25) is 5.91 Å². The highest BCUT2D eigenvalue weighted by Crippen LogP contribution is 2.21. The van der Waals surface area contributed by atoms with Gasteiger partial charge in [-0.25, -0.2) is 0 Å². The molecule has 6 heteroatoms. The second-order valence-electron chi connectivity index (χ2n) is 3.51. The van der Waals surface area contributed by atoms with Crippen LogP contribution in [-0.4, -0.2) is 40.1 Å². The van der Waals surface area contributed by atoms with Gasteiger partial charge in [0.25, 0.3) is 0 Å². The van der Waals surface area contributed by atoms with Gasteiger partial charge in [-0.1, -0.05) is 36.1 Å². The molecule has 0 heterocycles. The lowest BCUT2D eigenvalue weighted by Crippen LogP contribution is -2.20. The lowest BCUT2D eigenvalue weighted by molar-refractivity contribution is -0.113. The minimum atomic E-state index is -0.194. The van der Waals surface area contributed by atoms with Gasteiger partial charge in [-0.05, 0) is 12.1 Å². The standard InChI is InChI=1S/C11H14N2O2S2/c1-13(2)11(16)17-7-10(15)12-8-5-3-4-6-9(8)14/h3-6,14H,7H2,1-2H3,(H,12,15). The lowest BCUT2D eigenvalue weighted by atomic mass is 10.3. The molecule has 1 rings (SSSR count). The quantitative estimate of drug-likeness (QED) is 0.649. The smallest absolute Gasteiger partial charge is 0.234 e. The highest BCUT2D eigenvalue weighted by atomic mass is 32.2. The average molecular weight is 270 g/mol. The van der Waals surface area contributed by atoms with E-state index in [0.29, 0.717) is 10.0 Å². The maximum atomic E-state index is 11.6. The van der Waals surface area contributed by atoms with Crippen LogP contribution in [0.15, 0.2) is 24.3 Å². The number of carbonyl (C=O) groups excluding carboxylic acids is 1. The molecule has 0 bridgehead atoms. The van der Waals surface area contributed by atoms with Crippen molar-refractivity contribution in [2.45, 2.75) is 0 Å². The van der Waals surface area contributed by atoms with Crippen LogP contribution in [0.1, 0.15) is 0 Å². The highest BCUT2D eigenvalue weighted by molar-refractivity contribution is 8.23. The summed E-state index contributed by atoms with van der Waals surface area (Å²) < 4.78 is 0.650. The Morgan fingerprint density at radius 3 is 2.71 bits per heavy atom. The number of carbonyl (C=O) groups is 1. The van der Waals surface area contributed by atoms with Gasteiger partial charge in [0, 0.05) is 14.1 Å². The van der Waals surface area contributed by atoms with Crippen LogP contribution >= 0.6 is 24.0 Å². The number of amides is 1. The molecule has 0 aliphatic carbocycles. The van der Waals surface area contributed by atoms with E-state index < -0.39 is 0 Å². The molecule has 1 aromatic rings. The highest BCUT2D eigenvalue weighted by Gasteiger charge is 2.08. The number of aromatic hydroxyl groups is 1. The van der Waals surface area contributed by atoms with Crippen LogP contribution in [0.3, 0.4) is 0 Å². The maximum absolute atomic E-state index is 11.6. The van der Waals surface area contributed by atoms with Crippen molar-refractivity contribution in [3.8, 4) is 5.75 Å². The van der Waals surface area contributed by atoms with Gasteiger partial charge < -0.3 is 15.3 Å². The molecule has 4 nitrogen and oxygen atoms in total. The van der Waals surface area contributed by atoms with E-state index in [-0.39, 0.29) is 17.4 Å². The Labute approximate surface area is 110 Å². The van der Waals surface area contributed by atoms with Crippen molar-refractivity contribution in [1.29, 1.82) is 0 Å². The zero-order chi connectivity index (χ0) is 12.8.